The van der Waals surface area contributed by atoms with Gasteiger partial charge in [-0.15, -0.1) is 0 Å². The van der Waals surface area contributed by atoms with E-state index in [4.69, 9.17) is 4.42 Å². The molecule has 0 bridgehead atoms. The molecule has 0 aliphatic heterocycles. The second-order valence-electron chi connectivity index (χ2n) is 13.7. The molecular formula is C48H29N3O. The number of hydrogen-bond donors (Lipinski definition) is 0. The predicted octanol–water partition coefficient (Wildman–Crippen LogP) is 13.3. The van der Waals surface area contributed by atoms with Crippen molar-refractivity contribution in [2.75, 3.05) is 4.90 Å². The Kier molecular flexibility index (Phi) is 5.47. The highest BCUT2D eigenvalue weighted by Crippen LogP contribution is 2.46. The molecule has 0 spiro atoms. The van der Waals surface area contributed by atoms with Gasteiger partial charge in [-0.05, 0) is 65.7 Å². The SMILES string of the molecule is c1ccc(-c2ccc(N(c3ccc4c(c3)n3c5ccccc5c5ccc6c7ccccc7n4c6c53)c3cccc4c3oc3ccccc34)cc2)cc1. The summed E-state index contributed by atoms with van der Waals surface area (Å²) in [5.41, 5.74) is 14.5. The largest absolute Gasteiger partial charge is 0.454 e. The molecule has 242 valence electrons. The molecule has 0 aliphatic carbocycles. The quantitative estimate of drug-likeness (QED) is 0.175. The number of benzene rings is 8. The zero-order valence-corrected chi connectivity index (χ0v) is 28.0. The zero-order valence-electron chi connectivity index (χ0n) is 28.0. The monoisotopic (exact) mass is 663 g/mol. The van der Waals surface area contributed by atoms with Crippen LogP contribution in [0, 0.1) is 0 Å². The lowest BCUT2D eigenvalue weighted by molar-refractivity contribution is 0.669. The van der Waals surface area contributed by atoms with E-state index in [1.165, 1.54) is 54.7 Å². The molecule has 12 aromatic rings. The molecule has 0 amide bonds. The van der Waals surface area contributed by atoms with Crippen molar-refractivity contribution in [3.8, 4) is 11.1 Å². The van der Waals surface area contributed by atoms with Gasteiger partial charge in [-0.2, -0.15) is 0 Å². The van der Waals surface area contributed by atoms with Gasteiger partial charge in [0, 0.05) is 43.7 Å². The van der Waals surface area contributed by atoms with Gasteiger partial charge in [0.1, 0.15) is 5.58 Å². The Morgan fingerprint density at radius 1 is 0.365 bits per heavy atom. The van der Waals surface area contributed by atoms with Gasteiger partial charge in [-0.25, -0.2) is 0 Å². The van der Waals surface area contributed by atoms with Gasteiger partial charge in [0.2, 0.25) is 0 Å². The fourth-order valence-electron chi connectivity index (χ4n) is 8.79. The summed E-state index contributed by atoms with van der Waals surface area (Å²) in [6, 6.07) is 63.4. The minimum Gasteiger partial charge on any atom is -0.454 e. The first-order valence-corrected chi connectivity index (χ1v) is 17.8. The second-order valence-corrected chi connectivity index (χ2v) is 13.7. The Bertz CT molecular complexity index is 3350. The highest BCUT2D eigenvalue weighted by molar-refractivity contribution is 6.25. The molecule has 0 saturated heterocycles. The van der Waals surface area contributed by atoms with Crippen LogP contribution in [0.15, 0.2) is 180 Å². The van der Waals surface area contributed by atoms with Crippen molar-refractivity contribution in [2.45, 2.75) is 0 Å². The third kappa shape index (κ3) is 3.65. The van der Waals surface area contributed by atoms with Crippen molar-refractivity contribution in [3.05, 3.63) is 176 Å². The van der Waals surface area contributed by atoms with Crippen LogP contribution in [-0.2, 0) is 0 Å². The molecule has 0 atom stereocenters. The van der Waals surface area contributed by atoms with Crippen molar-refractivity contribution in [3.63, 3.8) is 0 Å². The lowest BCUT2D eigenvalue weighted by atomic mass is 10.0. The molecule has 4 heterocycles. The minimum absolute atomic E-state index is 0.866. The summed E-state index contributed by atoms with van der Waals surface area (Å²) >= 11 is 0. The molecule has 0 radical (unpaired) electrons. The molecule has 0 fully saturated rings. The number of furan rings is 1. The van der Waals surface area contributed by atoms with Crippen LogP contribution < -0.4 is 4.90 Å². The summed E-state index contributed by atoms with van der Waals surface area (Å²) in [5.74, 6) is 0. The lowest BCUT2D eigenvalue weighted by Gasteiger charge is -2.26. The van der Waals surface area contributed by atoms with Gasteiger partial charge in [0.05, 0.1) is 38.8 Å². The summed E-state index contributed by atoms with van der Waals surface area (Å²) in [5, 5.41) is 7.29. The normalized spacial score (nSPS) is 12.2. The fraction of sp³-hybridized carbons (Fsp3) is 0. The van der Waals surface area contributed by atoms with E-state index in [0.29, 0.717) is 0 Å². The second kappa shape index (κ2) is 10.3. The van der Waals surface area contributed by atoms with E-state index in [2.05, 4.69) is 184 Å². The van der Waals surface area contributed by atoms with Gasteiger partial charge < -0.3 is 18.1 Å². The summed E-state index contributed by atoms with van der Waals surface area (Å²) in [4.78, 5) is 2.35. The average Bonchev–Trinajstić information content (AvgIpc) is 3.87. The van der Waals surface area contributed by atoms with E-state index < -0.39 is 0 Å². The van der Waals surface area contributed by atoms with E-state index in [9.17, 15) is 0 Å². The number of anilines is 3. The topological polar surface area (TPSA) is 25.2 Å². The van der Waals surface area contributed by atoms with E-state index in [1.807, 2.05) is 6.07 Å². The standard InChI is InChI=1S/C48H29N3O/c1-2-11-30(12-3-1)31-21-23-32(24-22-31)49(43-19-10-16-39-36-15-6-9-20-45(36)52-48(39)43)33-25-28-42-44(29-33)51-41-18-8-5-14-35(41)38-27-26-37-34-13-4-7-17-40(34)50(42)46(37)47(38)51/h1-29H. The van der Waals surface area contributed by atoms with Crippen molar-refractivity contribution in [2.24, 2.45) is 0 Å². The number of aromatic nitrogens is 2. The van der Waals surface area contributed by atoms with Crippen LogP contribution >= 0.6 is 0 Å². The van der Waals surface area contributed by atoms with E-state index >= 15 is 0 Å². The number of hydrogen-bond acceptors (Lipinski definition) is 2. The Morgan fingerprint density at radius 3 is 1.67 bits per heavy atom. The Hall–Kier alpha value is -7.04. The van der Waals surface area contributed by atoms with E-state index in [1.54, 1.807) is 0 Å². The number of nitrogens with zero attached hydrogens (tertiary/aromatic N) is 3. The summed E-state index contributed by atoms with van der Waals surface area (Å²) in [6.45, 7) is 0. The summed E-state index contributed by atoms with van der Waals surface area (Å²) in [6.07, 6.45) is 0. The lowest BCUT2D eigenvalue weighted by Crippen LogP contribution is -2.11. The predicted molar refractivity (Wildman–Crippen MR) is 217 cm³/mol. The highest BCUT2D eigenvalue weighted by atomic mass is 16.3. The summed E-state index contributed by atoms with van der Waals surface area (Å²) in [7, 11) is 0. The molecule has 4 heteroatoms. The number of rotatable bonds is 4. The maximum absolute atomic E-state index is 6.68. The van der Waals surface area contributed by atoms with Gasteiger partial charge >= 0.3 is 0 Å². The van der Waals surface area contributed by atoms with E-state index in [-0.39, 0.29) is 0 Å². The number of para-hydroxylation sites is 4. The Morgan fingerprint density at radius 2 is 0.942 bits per heavy atom. The van der Waals surface area contributed by atoms with Crippen LogP contribution in [0.25, 0.3) is 87.7 Å². The zero-order chi connectivity index (χ0) is 33.9. The van der Waals surface area contributed by atoms with Crippen LogP contribution in [0.3, 0.4) is 0 Å². The van der Waals surface area contributed by atoms with Crippen LogP contribution in [0.1, 0.15) is 0 Å². The maximum atomic E-state index is 6.68. The Labute approximate surface area is 297 Å². The molecule has 0 N–H and O–H groups in total. The molecule has 4 nitrogen and oxygen atoms in total. The molecule has 8 aromatic carbocycles. The average molecular weight is 664 g/mol. The smallest absolute Gasteiger partial charge is 0.159 e. The highest BCUT2D eigenvalue weighted by Gasteiger charge is 2.24. The van der Waals surface area contributed by atoms with Crippen LogP contribution in [-0.4, -0.2) is 8.80 Å². The van der Waals surface area contributed by atoms with Gasteiger partial charge in [-0.1, -0.05) is 121 Å². The van der Waals surface area contributed by atoms with Gasteiger partial charge in [0.15, 0.2) is 5.58 Å². The third-order valence-corrected chi connectivity index (χ3v) is 11.0. The molecule has 12 rings (SSSR count). The number of fused-ring (bicyclic) bond motifs is 12. The van der Waals surface area contributed by atoms with Crippen molar-refractivity contribution < 1.29 is 4.42 Å². The Balaban J connectivity index is 1.19. The van der Waals surface area contributed by atoms with Crippen molar-refractivity contribution >= 4 is 93.6 Å². The minimum atomic E-state index is 0.866. The molecule has 0 saturated carbocycles. The van der Waals surface area contributed by atoms with Crippen LogP contribution in [0.4, 0.5) is 17.1 Å². The van der Waals surface area contributed by atoms with Gasteiger partial charge in [-0.3, -0.25) is 0 Å². The maximum Gasteiger partial charge on any atom is 0.159 e. The first-order valence-electron chi connectivity index (χ1n) is 17.8. The van der Waals surface area contributed by atoms with Crippen LogP contribution in [0.2, 0.25) is 0 Å². The molecule has 0 aliphatic rings. The molecule has 52 heavy (non-hydrogen) atoms. The van der Waals surface area contributed by atoms with Gasteiger partial charge in [0.25, 0.3) is 0 Å². The van der Waals surface area contributed by atoms with Crippen molar-refractivity contribution in [1.29, 1.82) is 0 Å². The van der Waals surface area contributed by atoms with Crippen molar-refractivity contribution in [1.82, 2.24) is 8.80 Å². The summed E-state index contributed by atoms with van der Waals surface area (Å²) < 4.78 is 11.6. The fourth-order valence-corrected chi connectivity index (χ4v) is 8.79. The molecule has 0 unspecified atom stereocenters. The first-order chi connectivity index (χ1) is 25.8. The third-order valence-electron chi connectivity index (χ3n) is 11.0. The molecular weight excluding hydrogens is 635 g/mol. The molecule has 4 aromatic heterocycles. The van der Waals surface area contributed by atoms with Crippen LogP contribution in [0.5, 0.6) is 0 Å². The first kappa shape index (κ1) is 27.7. The van der Waals surface area contributed by atoms with E-state index in [0.717, 1.165) is 50.0 Å².